The Hall–Kier alpha value is -1.03. The van der Waals surface area contributed by atoms with Crippen molar-refractivity contribution in [1.82, 2.24) is 4.98 Å². The first-order valence-corrected chi connectivity index (χ1v) is 8.08. The molecule has 0 saturated heterocycles. The normalized spacial score (nSPS) is 11.2. The molecule has 0 aliphatic carbocycles. The van der Waals surface area contributed by atoms with E-state index in [1.54, 1.807) is 14.2 Å². The molecule has 3 nitrogen and oxygen atoms in total. The zero-order valence-electron chi connectivity index (χ0n) is 9.42. The molecule has 78 valence electrons. The summed E-state index contributed by atoms with van der Waals surface area (Å²) < 4.78 is 10.3. The van der Waals surface area contributed by atoms with Crippen LogP contribution in [-0.4, -0.2) is 27.3 Å². The summed E-state index contributed by atoms with van der Waals surface area (Å²) >= 11 is 0. The van der Waals surface area contributed by atoms with Gasteiger partial charge in [0.2, 0.25) is 11.8 Å². The van der Waals surface area contributed by atoms with Crippen LogP contribution in [0, 0.1) is 0 Å². The monoisotopic (exact) mass is 211 g/mol. The molecule has 1 aromatic heterocycles. The summed E-state index contributed by atoms with van der Waals surface area (Å²) in [5, 5.41) is 1.22. The average molecular weight is 211 g/mol. The van der Waals surface area contributed by atoms with Crippen LogP contribution in [0.2, 0.25) is 19.6 Å². The van der Waals surface area contributed by atoms with Crippen LogP contribution in [0.4, 0.5) is 0 Å². The van der Waals surface area contributed by atoms with Crippen molar-refractivity contribution in [2.45, 2.75) is 19.6 Å². The Morgan fingerprint density at radius 3 is 2.14 bits per heavy atom. The van der Waals surface area contributed by atoms with Crippen LogP contribution in [0.15, 0.2) is 12.1 Å². The Morgan fingerprint density at radius 1 is 1.07 bits per heavy atom. The summed E-state index contributed by atoms with van der Waals surface area (Å²) in [6.07, 6.45) is 0. The Bertz CT molecular complexity index is 320. The van der Waals surface area contributed by atoms with Gasteiger partial charge in [-0.15, -0.1) is 0 Å². The average Bonchev–Trinajstić information content (AvgIpc) is 2.15. The largest absolute Gasteiger partial charge is 0.481 e. The van der Waals surface area contributed by atoms with Crippen molar-refractivity contribution >= 4 is 13.3 Å². The van der Waals surface area contributed by atoms with Gasteiger partial charge in [-0.3, -0.25) is 0 Å². The van der Waals surface area contributed by atoms with Crippen molar-refractivity contribution < 1.29 is 9.47 Å². The predicted molar refractivity (Wildman–Crippen MR) is 60.3 cm³/mol. The summed E-state index contributed by atoms with van der Waals surface area (Å²) in [7, 11) is 1.87. The van der Waals surface area contributed by atoms with Gasteiger partial charge in [-0.25, -0.2) is 0 Å². The molecule has 0 fully saturated rings. The smallest absolute Gasteiger partial charge is 0.216 e. The zero-order chi connectivity index (χ0) is 10.8. The molecule has 14 heavy (non-hydrogen) atoms. The fourth-order valence-electron chi connectivity index (χ4n) is 1.26. The highest BCUT2D eigenvalue weighted by molar-refractivity contribution is 6.89. The van der Waals surface area contributed by atoms with Crippen LogP contribution in [-0.2, 0) is 0 Å². The van der Waals surface area contributed by atoms with Crippen LogP contribution in [0.25, 0.3) is 0 Å². The van der Waals surface area contributed by atoms with E-state index in [0.29, 0.717) is 11.8 Å². The summed E-state index contributed by atoms with van der Waals surface area (Å²) in [6, 6.07) is 3.94. The molecule has 0 aromatic carbocycles. The van der Waals surface area contributed by atoms with Crippen molar-refractivity contribution in [1.29, 1.82) is 0 Å². The molecule has 0 aliphatic rings. The van der Waals surface area contributed by atoms with Gasteiger partial charge >= 0.3 is 0 Å². The van der Waals surface area contributed by atoms with Crippen LogP contribution in [0.3, 0.4) is 0 Å². The number of pyridine rings is 1. The number of aromatic nitrogens is 1. The van der Waals surface area contributed by atoms with E-state index in [9.17, 15) is 0 Å². The first-order chi connectivity index (χ1) is 6.49. The molecule has 4 heteroatoms. The van der Waals surface area contributed by atoms with E-state index in [-0.39, 0.29) is 0 Å². The highest BCUT2D eigenvalue weighted by atomic mass is 28.3. The molecule has 1 heterocycles. The van der Waals surface area contributed by atoms with Crippen molar-refractivity contribution in [3.05, 3.63) is 12.1 Å². The second kappa shape index (κ2) is 4.00. The molecule has 0 amide bonds. The number of rotatable bonds is 3. The van der Waals surface area contributed by atoms with Gasteiger partial charge < -0.3 is 9.47 Å². The van der Waals surface area contributed by atoms with E-state index in [0.717, 1.165) is 0 Å². The predicted octanol–water partition coefficient (Wildman–Crippen LogP) is 1.64. The molecule has 1 aromatic rings. The minimum atomic E-state index is -1.38. The van der Waals surface area contributed by atoms with Crippen molar-refractivity contribution in [3.63, 3.8) is 0 Å². The summed E-state index contributed by atoms with van der Waals surface area (Å²) in [5.41, 5.74) is 0. The highest BCUT2D eigenvalue weighted by Gasteiger charge is 2.22. The molecule has 0 aliphatic heterocycles. The third-order valence-corrected chi connectivity index (χ3v) is 4.04. The quantitative estimate of drug-likeness (QED) is 0.712. The fourth-order valence-corrected chi connectivity index (χ4v) is 2.65. The summed E-state index contributed by atoms with van der Waals surface area (Å²) in [6.45, 7) is 6.79. The molecule has 0 bridgehead atoms. The summed E-state index contributed by atoms with van der Waals surface area (Å²) in [5.74, 6) is 1.30. The van der Waals surface area contributed by atoms with Gasteiger partial charge in [0.25, 0.3) is 0 Å². The topological polar surface area (TPSA) is 31.4 Å². The van der Waals surface area contributed by atoms with Crippen LogP contribution in [0.1, 0.15) is 0 Å². The molecular weight excluding hydrogens is 194 g/mol. The van der Waals surface area contributed by atoms with Gasteiger partial charge in [0, 0.05) is 11.3 Å². The maximum Gasteiger partial charge on any atom is 0.216 e. The summed E-state index contributed by atoms with van der Waals surface area (Å²) in [4.78, 5) is 4.27. The highest BCUT2D eigenvalue weighted by Crippen LogP contribution is 2.15. The minimum Gasteiger partial charge on any atom is -0.481 e. The molecule has 0 radical (unpaired) electrons. The second-order valence-corrected chi connectivity index (χ2v) is 9.20. The molecule has 0 unspecified atom stereocenters. The number of hydrogen-bond donors (Lipinski definition) is 0. The van der Waals surface area contributed by atoms with Crippen LogP contribution < -0.4 is 14.7 Å². The maximum atomic E-state index is 5.26. The molecule has 0 N–H and O–H groups in total. The van der Waals surface area contributed by atoms with E-state index in [1.807, 2.05) is 6.07 Å². The van der Waals surface area contributed by atoms with Crippen molar-refractivity contribution in [2.75, 3.05) is 14.2 Å². The van der Waals surface area contributed by atoms with Gasteiger partial charge in [-0.2, -0.15) is 4.98 Å². The molecule has 0 atom stereocenters. The number of methoxy groups -OCH3 is 2. The SMILES string of the molecule is COc1ccc([Si](C)(C)C)c(OC)n1. The number of ether oxygens (including phenoxy) is 2. The third kappa shape index (κ3) is 2.26. The van der Waals surface area contributed by atoms with Crippen molar-refractivity contribution in [3.8, 4) is 11.8 Å². The number of nitrogens with zero attached hydrogens (tertiary/aromatic N) is 1. The lowest BCUT2D eigenvalue weighted by molar-refractivity contribution is 0.367. The van der Waals surface area contributed by atoms with Crippen molar-refractivity contribution in [2.24, 2.45) is 0 Å². The van der Waals surface area contributed by atoms with Crippen LogP contribution >= 0.6 is 0 Å². The Kier molecular flexibility index (Phi) is 3.16. The first-order valence-electron chi connectivity index (χ1n) is 4.58. The Labute approximate surface area is 86.1 Å². The molecule has 0 saturated carbocycles. The minimum absolute atomic E-state index is 0.601. The number of hydrogen-bond acceptors (Lipinski definition) is 3. The molecule has 0 spiro atoms. The van der Waals surface area contributed by atoms with Gasteiger partial charge in [0.1, 0.15) is 0 Å². The lowest BCUT2D eigenvalue weighted by Gasteiger charge is -2.19. The second-order valence-electron chi connectivity index (χ2n) is 4.16. The molecule has 1 rings (SSSR count). The van der Waals surface area contributed by atoms with Gasteiger partial charge in [-0.1, -0.05) is 25.7 Å². The standard InChI is InChI=1S/C10H17NO2Si/c1-12-9-7-6-8(14(3,4)5)10(11-9)13-2/h6-7H,1-5H3. The molecular formula is C10H17NO2Si. The zero-order valence-corrected chi connectivity index (χ0v) is 10.4. The Balaban J connectivity index is 3.18. The van der Waals surface area contributed by atoms with E-state index in [1.165, 1.54) is 5.19 Å². The third-order valence-electron chi connectivity index (χ3n) is 2.05. The van der Waals surface area contributed by atoms with Gasteiger partial charge in [0.05, 0.1) is 22.3 Å². The van der Waals surface area contributed by atoms with E-state index < -0.39 is 8.07 Å². The van der Waals surface area contributed by atoms with E-state index >= 15 is 0 Å². The fraction of sp³-hybridized carbons (Fsp3) is 0.500. The lowest BCUT2D eigenvalue weighted by Crippen LogP contribution is -2.38. The maximum absolute atomic E-state index is 5.26. The Morgan fingerprint density at radius 2 is 1.71 bits per heavy atom. The first kappa shape index (κ1) is 11.0. The van der Waals surface area contributed by atoms with Gasteiger partial charge in [0.15, 0.2) is 0 Å². The van der Waals surface area contributed by atoms with Crippen LogP contribution in [0.5, 0.6) is 11.8 Å². The van der Waals surface area contributed by atoms with E-state index in [4.69, 9.17) is 9.47 Å². The lowest BCUT2D eigenvalue weighted by atomic mass is 10.4. The van der Waals surface area contributed by atoms with Gasteiger partial charge in [-0.05, 0) is 0 Å². The van der Waals surface area contributed by atoms with E-state index in [2.05, 4.69) is 30.7 Å².